The number of rotatable bonds is 6. The van der Waals surface area contributed by atoms with Gasteiger partial charge < -0.3 is 15.4 Å². The minimum absolute atomic E-state index is 0.0957. The van der Waals surface area contributed by atoms with E-state index in [0.29, 0.717) is 11.7 Å². The van der Waals surface area contributed by atoms with E-state index in [2.05, 4.69) is 15.6 Å². The van der Waals surface area contributed by atoms with Crippen molar-refractivity contribution < 1.29 is 14.3 Å². The van der Waals surface area contributed by atoms with E-state index in [-0.39, 0.29) is 18.2 Å². The van der Waals surface area contributed by atoms with Crippen molar-refractivity contribution in [1.29, 1.82) is 0 Å². The lowest BCUT2D eigenvalue weighted by atomic mass is 10.2. The van der Waals surface area contributed by atoms with Crippen LogP contribution < -0.4 is 15.4 Å². The van der Waals surface area contributed by atoms with E-state index in [1.54, 1.807) is 7.11 Å². The number of carbonyl (C=O) groups excluding carboxylic acids is 2. The lowest BCUT2D eigenvalue weighted by Crippen LogP contribution is -2.28. The third kappa shape index (κ3) is 4.89. The molecular formula is C20H21N3O3S. The molecule has 1 aliphatic rings. The summed E-state index contributed by atoms with van der Waals surface area (Å²) in [6.07, 6.45) is 0.0957. The number of nitrogens with one attached hydrogen (secondary N) is 2. The highest BCUT2D eigenvalue weighted by Gasteiger charge is 2.32. The van der Waals surface area contributed by atoms with E-state index in [4.69, 9.17) is 4.74 Å². The monoisotopic (exact) mass is 383 g/mol. The number of aryl methyl sites for hydroxylation is 1. The van der Waals surface area contributed by atoms with Gasteiger partial charge in [0, 0.05) is 17.7 Å². The molecule has 1 saturated heterocycles. The van der Waals surface area contributed by atoms with Crippen LogP contribution in [0.3, 0.4) is 0 Å². The first kappa shape index (κ1) is 19.0. The zero-order valence-electron chi connectivity index (χ0n) is 15.2. The molecule has 27 heavy (non-hydrogen) atoms. The van der Waals surface area contributed by atoms with Crippen molar-refractivity contribution in [3.63, 3.8) is 0 Å². The van der Waals surface area contributed by atoms with Crippen LogP contribution >= 0.6 is 11.8 Å². The Labute approximate surface area is 162 Å². The van der Waals surface area contributed by atoms with Gasteiger partial charge in [-0.15, -0.1) is 0 Å². The molecule has 6 nitrogen and oxygen atoms in total. The average Bonchev–Trinajstić information content (AvgIpc) is 3.01. The van der Waals surface area contributed by atoms with Crippen LogP contribution in [0.25, 0.3) is 0 Å². The molecule has 1 aliphatic heterocycles. The van der Waals surface area contributed by atoms with Gasteiger partial charge in [0.05, 0.1) is 13.7 Å². The zero-order valence-corrected chi connectivity index (χ0v) is 16.0. The number of aliphatic imine (C=N–C) groups is 1. The van der Waals surface area contributed by atoms with Gasteiger partial charge in [-0.05, 0) is 24.6 Å². The summed E-state index contributed by atoms with van der Waals surface area (Å²) >= 11 is 1.28. The van der Waals surface area contributed by atoms with Gasteiger partial charge in [-0.3, -0.25) is 14.6 Å². The molecule has 7 heteroatoms. The number of nitrogens with zero attached hydrogens (tertiary/aromatic N) is 1. The third-order valence-electron chi connectivity index (χ3n) is 4.15. The quantitative estimate of drug-likeness (QED) is 0.803. The van der Waals surface area contributed by atoms with Gasteiger partial charge in [0.25, 0.3) is 0 Å². The van der Waals surface area contributed by atoms with Crippen molar-refractivity contribution >= 4 is 34.4 Å². The summed E-state index contributed by atoms with van der Waals surface area (Å²) in [6.45, 7) is 2.32. The molecule has 140 valence electrons. The van der Waals surface area contributed by atoms with Gasteiger partial charge >= 0.3 is 0 Å². The Bertz CT molecular complexity index is 882. The predicted octanol–water partition coefficient (Wildman–Crippen LogP) is 3.12. The highest BCUT2D eigenvalue weighted by molar-refractivity contribution is 8.15. The first-order valence-corrected chi connectivity index (χ1v) is 9.44. The molecule has 0 bridgehead atoms. The van der Waals surface area contributed by atoms with E-state index in [0.717, 1.165) is 22.6 Å². The Morgan fingerprint density at radius 3 is 2.74 bits per heavy atom. The molecule has 2 aromatic rings. The zero-order chi connectivity index (χ0) is 19.2. The fourth-order valence-electron chi connectivity index (χ4n) is 2.69. The Hall–Kier alpha value is -2.80. The summed E-state index contributed by atoms with van der Waals surface area (Å²) in [4.78, 5) is 28.9. The molecule has 1 atom stereocenters. The standard InChI is InChI=1S/C20H21N3O3S/c1-13-7-3-5-9-15(13)22-18(24)11-17-19(25)23-20(27-17)21-12-14-8-4-6-10-16(14)26-2/h3-10,17H,11-12H2,1-2H3,(H,22,24)(H,21,23,25)/t17-/m0/s1. The number of amidine groups is 1. The van der Waals surface area contributed by atoms with Gasteiger partial charge in [0.15, 0.2) is 5.17 Å². The maximum atomic E-state index is 12.3. The smallest absolute Gasteiger partial charge is 0.240 e. The number of thioether (sulfide) groups is 1. The van der Waals surface area contributed by atoms with Gasteiger partial charge in [-0.2, -0.15) is 0 Å². The topological polar surface area (TPSA) is 79.8 Å². The Morgan fingerprint density at radius 2 is 1.96 bits per heavy atom. The van der Waals surface area contributed by atoms with Gasteiger partial charge in [0.2, 0.25) is 11.8 Å². The molecule has 2 N–H and O–H groups in total. The number of benzene rings is 2. The molecule has 0 aliphatic carbocycles. The molecule has 0 aromatic heterocycles. The van der Waals surface area contributed by atoms with E-state index >= 15 is 0 Å². The van der Waals surface area contributed by atoms with Crippen molar-refractivity contribution in [3.8, 4) is 5.75 Å². The van der Waals surface area contributed by atoms with Crippen LogP contribution in [-0.2, 0) is 16.1 Å². The molecule has 2 amide bonds. The SMILES string of the molecule is COc1ccccc1CN=C1NC(=O)[C@H](CC(=O)Nc2ccccc2C)S1. The number of hydrogen-bond acceptors (Lipinski definition) is 5. The fraction of sp³-hybridized carbons (Fsp3) is 0.250. The van der Waals surface area contributed by atoms with E-state index in [9.17, 15) is 9.59 Å². The van der Waals surface area contributed by atoms with Gasteiger partial charge in [0.1, 0.15) is 11.0 Å². The number of anilines is 1. The first-order valence-electron chi connectivity index (χ1n) is 8.56. The maximum Gasteiger partial charge on any atom is 0.240 e. The van der Waals surface area contributed by atoms with Gasteiger partial charge in [-0.1, -0.05) is 48.2 Å². The highest BCUT2D eigenvalue weighted by atomic mass is 32.2. The predicted molar refractivity (Wildman–Crippen MR) is 108 cm³/mol. The number of hydrogen-bond donors (Lipinski definition) is 2. The Balaban J connectivity index is 1.58. The molecular weight excluding hydrogens is 362 g/mol. The number of carbonyl (C=O) groups is 2. The number of para-hydroxylation sites is 2. The normalized spacial score (nSPS) is 17.6. The van der Waals surface area contributed by atoms with Crippen molar-refractivity contribution in [3.05, 3.63) is 59.7 Å². The number of amides is 2. The third-order valence-corrected chi connectivity index (χ3v) is 5.27. The lowest BCUT2D eigenvalue weighted by Gasteiger charge is -2.09. The minimum Gasteiger partial charge on any atom is -0.496 e. The Morgan fingerprint density at radius 1 is 1.22 bits per heavy atom. The highest BCUT2D eigenvalue weighted by Crippen LogP contribution is 2.25. The minimum atomic E-state index is -0.481. The summed E-state index contributed by atoms with van der Waals surface area (Å²) < 4.78 is 5.31. The van der Waals surface area contributed by atoms with Crippen LogP contribution in [0.2, 0.25) is 0 Å². The molecule has 2 aromatic carbocycles. The van der Waals surface area contributed by atoms with Crippen molar-refractivity contribution in [2.75, 3.05) is 12.4 Å². The Kier molecular flexibility index (Phi) is 6.13. The summed E-state index contributed by atoms with van der Waals surface area (Å²) in [6, 6.07) is 15.1. The summed E-state index contributed by atoms with van der Waals surface area (Å²) in [5.41, 5.74) is 2.67. The summed E-state index contributed by atoms with van der Waals surface area (Å²) in [5, 5.41) is 5.65. The van der Waals surface area contributed by atoms with Crippen LogP contribution in [0.4, 0.5) is 5.69 Å². The first-order chi connectivity index (χ1) is 13.1. The van der Waals surface area contributed by atoms with Crippen LogP contribution in [0.15, 0.2) is 53.5 Å². The van der Waals surface area contributed by atoms with Crippen molar-refractivity contribution in [1.82, 2.24) is 5.32 Å². The summed E-state index contributed by atoms with van der Waals surface area (Å²) in [5.74, 6) is 0.368. The maximum absolute atomic E-state index is 12.3. The molecule has 0 spiro atoms. The second-order valence-corrected chi connectivity index (χ2v) is 7.29. The molecule has 3 rings (SSSR count). The van der Waals surface area contributed by atoms with E-state index in [1.807, 2.05) is 55.5 Å². The number of methoxy groups -OCH3 is 1. The largest absolute Gasteiger partial charge is 0.496 e. The van der Waals surface area contributed by atoms with E-state index < -0.39 is 5.25 Å². The second-order valence-electron chi connectivity index (χ2n) is 6.10. The molecule has 0 saturated carbocycles. The second kappa shape index (κ2) is 8.73. The van der Waals surface area contributed by atoms with E-state index in [1.165, 1.54) is 11.8 Å². The van der Waals surface area contributed by atoms with Crippen molar-refractivity contribution in [2.24, 2.45) is 4.99 Å². The fourth-order valence-corrected chi connectivity index (χ4v) is 3.66. The molecule has 1 heterocycles. The molecule has 0 unspecified atom stereocenters. The van der Waals surface area contributed by atoms with Crippen LogP contribution in [0.1, 0.15) is 17.5 Å². The average molecular weight is 383 g/mol. The van der Waals surface area contributed by atoms with Gasteiger partial charge in [-0.25, -0.2) is 0 Å². The number of ether oxygens (including phenoxy) is 1. The summed E-state index contributed by atoms with van der Waals surface area (Å²) in [7, 11) is 1.61. The van der Waals surface area contributed by atoms with Crippen LogP contribution in [0.5, 0.6) is 5.75 Å². The molecule has 1 fully saturated rings. The van der Waals surface area contributed by atoms with Crippen LogP contribution in [0, 0.1) is 6.92 Å². The van der Waals surface area contributed by atoms with Crippen LogP contribution in [-0.4, -0.2) is 29.3 Å². The van der Waals surface area contributed by atoms with Crippen molar-refractivity contribution in [2.45, 2.75) is 25.1 Å². The molecule has 0 radical (unpaired) electrons. The lowest BCUT2D eigenvalue weighted by molar-refractivity contribution is -0.122.